The third-order valence-corrected chi connectivity index (χ3v) is 8.45. The van der Waals surface area contributed by atoms with Crippen molar-refractivity contribution in [2.45, 2.75) is 18.5 Å². The first-order valence-electron chi connectivity index (χ1n) is 16.8. The van der Waals surface area contributed by atoms with Gasteiger partial charge in [0.05, 0.1) is 17.7 Å². The second-order valence-corrected chi connectivity index (χ2v) is 12.6. The molecule has 11 nitrogen and oxygen atoms in total. The summed E-state index contributed by atoms with van der Waals surface area (Å²) in [4.78, 5) is 23.7. The molecule has 0 aliphatic heterocycles. The number of aromatic nitrogens is 8. The van der Waals surface area contributed by atoms with Crippen LogP contribution in [0.2, 0.25) is 5.02 Å². The first-order valence-corrected chi connectivity index (χ1v) is 17.2. The number of nitrogens with zero attached hydrogens (tertiary/aromatic N) is 8. The molecule has 0 aliphatic carbocycles. The van der Waals surface area contributed by atoms with Gasteiger partial charge in [0.2, 0.25) is 0 Å². The van der Waals surface area contributed by atoms with Gasteiger partial charge in [0, 0.05) is 36.2 Å². The highest BCUT2D eigenvalue weighted by Crippen LogP contribution is 2.38. The van der Waals surface area contributed by atoms with Crippen LogP contribution in [-0.2, 0) is 18.5 Å². The quantitative estimate of drug-likeness (QED) is 0.151. The first kappa shape index (κ1) is 40.2. The summed E-state index contributed by atoms with van der Waals surface area (Å²) in [5.41, 5.74) is -2.55. The number of fused-ring (bicyclic) bond motifs is 2. The first-order chi connectivity index (χ1) is 28.0. The molecule has 0 spiro atoms. The fourth-order valence-corrected chi connectivity index (χ4v) is 5.80. The van der Waals surface area contributed by atoms with E-state index >= 15 is 0 Å². The highest BCUT2D eigenvalue weighted by Gasteiger charge is 2.40. The second-order valence-electron chi connectivity index (χ2n) is 12.2. The van der Waals surface area contributed by atoms with Crippen LogP contribution in [0.1, 0.15) is 17.0 Å². The number of methoxy groups -OCH3 is 1. The van der Waals surface area contributed by atoms with Gasteiger partial charge in [0.15, 0.2) is 23.0 Å². The molecule has 0 saturated heterocycles. The van der Waals surface area contributed by atoms with Crippen LogP contribution < -0.4 is 15.4 Å². The molecule has 0 fully saturated rings. The summed E-state index contributed by atoms with van der Waals surface area (Å²) in [5.74, 6) is 0.752. The predicted octanol–water partition coefficient (Wildman–Crippen LogP) is 10.8. The summed E-state index contributed by atoms with van der Waals surface area (Å²) in [6, 6.07) is 21.6. The van der Waals surface area contributed by atoms with Gasteiger partial charge in [-0.2, -0.15) is 39.5 Å². The van der Waals surface area contributed by atoms with E-state index in [1.807, 2.05) is 0 Å². The molecule has 0 atom stereocenters. The molecule has 2 aromatic carbocycles. The molecule has 2 N–H and O–H groups in total. The summed E-state index contributed by atoms with van der Waals surface area (Å²) in [6.07, 6.45) is -8.53. The van der Waals surface area contributed by atoms with Crippen molar-refractivity contribution in [2.75, 3.05) is 17.7 Å². The smallest absolute Gasteiger partial charge is 0.435 e. The van der Waals surface area contributed by atoms with Crippen LogP contribution >= 0.6 is 11.6 Å². The molecular weight excluding hydrogens is 819 g/mol. The Balaban J connectivity index is 0.000000180. The SMILES string of the molecule is COc1ccc(Nc2ccnc(-c3c(C(F)(F)F)nc4ccccn34)n2)cc1.FC(F)(F)c1ccc(Nc2ccnc(-c3c(C(F)(F)F)nc4ccc(Cl)cn34)n2)cc1. The molecule has 0 unspecified atom stereocenters. The molecule has 302 valence electrons. The third-order valence-electron chi connectivity index (χ3n) is 8.23. The Kier molecular flexibility index (Phi) is 10.8. The van der Waals surface area contributed by atoms with Gasteiger partial charge < -0.3 is 15.4 Å². The molecule has 59 heavy (non-hydrogen) atoms. The Morgan fingerprint density at radius 2 is 1.07 bits per heavy atom. The molecule has 8 aromatic rings. The minimum absolute atomic E-state index is 0.00331. The number of ether oxygens (including phenoxy) is 1. The number of halogens is 10. The molecule has 6 aromatic heterocycles. The molecule has 0 aliphatic rings. The van der Waals surface area contributed by atoms with E-state index in [1.54, 1.807) is 49.6 Å². The highest BCUT2D eigenvalue weighted by molar-refractivity contribution is 6.30. The van der Waals surface area contributed by atoms with Crippen molar-refractivity contribution in [1.82, 2.24) is 38.7 Å². The van der Waals surface area contributed by atoms with E-state index in [4.69, 9.17) is 16.3 Å². The summed E-state index contributed by atoms with van der Waals surface area (Å²) in [5, 5.41) is 5.97. The van der Waals surface area contributed by atoms with Crippen LogP contribution in [-0.4, -0.2) is 45.8 Å². The van der Waals surface area contributed by atoms with Crippen LogP contribution in [0.15, 0.2) is 116 Å². The van der Waals surface area contributed by atoms with Crippen molar-refractivity contribution < 1.29 is 44.3 Å². The summed E-state index contributed by atoms with van der Waals surface area (Å²) in [6.45, 7) is 0. The van der Waals surface area contributed by atoms with E-state index in [0.717, 1.165) is 16.5 Å². The lowest BCUT2D eigenvalue weighted by atomic mass is 10.2. The normalized spacial score (nSPS) is 12.0. The minimum atomic E-state index is -4.78. The largest absolute Gasteiger partial charge is 0.497 e. The molecule has 0 radical (unpaired) electrons. The van der Waals surface area contributed by atoms with E-state index in [1.165, 1.54) is 65.6 Å². The average molecular weight is 843 g/mol. The maximum absolute atomic E-state index is 13.6. The standard InChI is InChI=1S/C19H10ClF6N5.C19H14F3N5O/c20-11-3-6-14-30-16(19(24,25)26)15(31(14)9-11)17-27-8-7-13(29-17)28-12-4-1-10(2-5-12)18(21,22)23;1-28-13-7-5-12(6-8-13)24-14-9-10-23-18(25-14)16-17(19(20,21)22)26-15-4-2-3-11-27(15)16/h1-9H,(H,27,28,29);2-11H,1H3,(H,23,24,25). The molecule has 0 saturated carbocycles. The van der Waals surface area contributed by atoms with Crippen molar-refractivity contribution in [3.8, 4) is 28.8 Å². The zero-order valence-corrected chi connectivity index (χ0v) is 30.5. The Morgan fingerprint density at radius 3 is 1.58 bits per heavy atom. The molecule has 6 heterocycles. The van der Waals surface area contributed by atoms with Crippen molar-refractivity contribution in [3.05, 3.63) is 138 Å². The predicted molar refractivity (Wildman–Crippen MR) is 198 cm³/mol. The van der Waals surface area contributed by atoms with Gasteiger partial charge in [-0.3, -0.25) is 8.80 Å². The fourth-order valence-electron chi connectivity index (χ4n) is 5.63. The topological polar surface area (TPSA) is 119 Å². The lowest BCUT2D eigenvalue weighted by Crippen LogP contribution is -2.09. The van der Waals surface area contributed by atoms with Crippen molar-refractivity contribution in [1.29, 1.82) is 0 Å². The number of anilines is 4. The number of alkyl halides is 9. The lowest BCUT2D eigenvalue weighted by Gasteiger charge is -2.11. The zero-order chi connectivity index (χ0) is 42.1. The van der Waals surface area contributed by atoms with E-state index in [2.05, 4.69) is 40.5 Å². The number of nitrogens with one attached hydrogen (secondary N) is 2. The number of rotatable bonds is 7. The summed E-state index contributed by atoms with van der Waals surface area (Å²) < 4.78 is 127. The van der Waals surface area contributed by atoms with Gasteiger partial charge in [-0.05, 0) is 84.9 Å². The monoisotopic (exact) mass is 842 g/mol. The molecule has 0 bridgehead atoms. The van der Waals surface area contributed by atoms with E-state index < -0.39 is 41.2 Å². The Hall–Kier alpha value is -6.96. The fraction of sp³-hybridized carbons (Fsp3) is 0.105. The van der Waals surface area contributed by atoms with Gasteiger partial charge in [-0.15, -0.1) is 0 Å². The Bertz CT molecular complexity index is 2750. The van der Waals surface area contributed by atoms with E-state index in [0.29, 0.717) is 17.3 Å². The molecule has 21 heteroatoms. The van der Waals surface area contributed by atoms with E-state index in [9.17, 15) is 39.5 Å². The van der Waals surface area contributed by atoms with Crippen molar-refractivity contribution in [3.63, 3.8) is 0 Å². The lowest BCUT2D eigenvalue weighted by molar-refractivity contribution is -0.141. The van der Waals surface area contributed by atoms with Crippen LogP contribution in [0, 0.1) is 0 Å². The number of hydrogen-bond donors (Lipinski definition) is 2. The zero-order valence-electron chi connectivity index (χ0n) is 29.7. The van der Waals surface area contributed by atoms with Crippen LogP contribution in [0.4, 0.5) is 62.5 Å². The highest BCUT2D eigenvalue weighted by atomic mass is 35.5. The summed E-state index contributed by atoms with van der Waals surface area (Å²) in [7, 11) is 1.56. The Labute approximate surface area is 331 Å². The van der Waals surface area contributed by atoms with Gasteiger partial charge in [-0.1, -0.05) is 17.7 Å². The van der Waals surface area contributed by atoms with Gasteiger partial charge >= 0.3 is 18.5 Å². The van der Waals surface area contributed by atoms with Crippen LogP contribution in [0.3, 0.4) is 0 Å². The van der Waals surface area contributed by atoms with Gasteiger partial charge in [-0.25, -0.2) is 29.9 Å². The van der Waals surface area contributed by atoms with Crippen LogP contribution in [0.25, 0.3) is 34.3 Å². The number of imidazole rings is 2. The number of benzene rings is 2. The summed E-state index contributed by atoms with van der Waals surface area (Å²) >= 11 is 5.92. The molecule has 0 amide bonds. The minimum Gasteiger partial charge on any atom is -0.497 e. The van der Waals surface area contributed by atoms with Crippen molar-refractivity contribution >= 4 is 45.9 Å². The van der Waals surface area contributed by atoms with Crippen LogP contribution in [0.5, 0.6) is 5.75 Å². The third kappa shape index (κ3) is 8.96. The Morgan fingerprint density at radius 1 is 0.559 bits per heavy atom. The van der Waals surface area contributed by atoms with Gasteiger partial charge in [0.25, 0.3) is 0 Å². The maximum Gasteiger partial charge on any atom is 0.435 e. The second kappa shape index (κ2) is 15.8. The van der Waals surface area contributed by atoms with Crippen molar-refractivity contribution in [2.24, 2.45) is 0 Å². The molecular formula is C38H24ClF9N10O. The number of pyridine rings is 2. The van der Waals surface area contributed by atoms with Gasteiger partial charge in [0.1, 0.15) is 40.1 Å². The maximum atomic E-state index is 13.6. The van der Waals surface area contributed by atoms with E-state index in [-0.39, 0.29) is 45.2 Å². The molecule has 8 rings (SSSR count). The number of hydrogen-bond acceptors (Lipinski definition) is 9. The average Bonchev–Trinajstić information content (AvgIpc) is 3.79.